The SMILES string of the molecule is CC(C)(CN1CCC(c2noc3cc(F)ccc23)CC1)C1(O)OC(=O)C=CC(=O)O1. The third-order valence-electron chi connectivity index (χ3n) is 5.74. The molecular weight excluding hydrogens is 395 g/mol. The maximum Gasteiger partial charge on any atom is 0.380 e. The van der Waals surface area contributed by atoms with Gasteiger partial charge in [0.15, 0.2) is 5.58 Å². The van der Waals surface area contributed by atoms with E-state index in [4.69, 9.17) is 14.0 Å². The third kappa shape index (κ3) is 3.82. The lowest BCUT2D eigenvalue weighted by Gasteiger charge is -2.42. The van der Waals surface area contributed by atoms with Crippen molar-refractivity contribution in [2.45, 2.75) is 38.6 Å². The fourth-order valence-electron chi connectivity index (χ4n) is 4.02. The molecule has 0 unspecified atom stereocenters. The Kier molecular flexibility index (Phi) is 5.11. The molecule has 2 aromatic rings. The summed E-state index contributed by atoms with van der Waals surface area (Å²) in [5.74, 6) is -4.25. The van der Waals surface area contributed by atoms with Crippen LogP contribution in [0.15, 0.2) is 34.9 Å². The number of benzene rings is 1. The summed E-state index contributed by atoms with van der Waals surface area (Å²) >= 11 is 0. The monoisotopic (exact) mass is 418 g/mol. The van der Waals surface area contributed by atoms with Gasteiger partial charge in [-0.2, -0.15) is 0 Å². The van der Waals surface area contributed by atoms with Crippen LogP contribution in [0.4, 0.5) is 4.39 Å². The zero-order chi connectivity index (χ0) is 21.5. The molecule has 4 rings (SSSR count). The van der Waals surface area contributed by atoms with Gasteiger partial charge in [0.2, 0.25) is 0 Å². The number of carbonyl (C=O) groups is 2. The number of cyclic esters (lactones) is 2. The van der Waals surface area contributed by atoms with Crippen LogP contribution in [0.2, 0.25) is 0 Å². The van der Waals surface area contributed by atoms with E-state index < -0.39 is 23.3 Å². The molecule has 0 radical (unpaired) electrons. The molecule has 1 fully saturated rings. The number of halogens is 1. The lowest BCUT2D eigenvalue weighted by Crippen LogP contribution is -2.56. The molecule has 0 atom stereocenters. The van der Waals surface area contributed by atoms with E-state index in [2.05, 4.69) is 10.1 Å². The molecule has 2 aliphatic heterocycles. The van der Waals surface area contributed by atoms with Crippen molar-refractivity contribution in [3.8, 4) is 0 Å². The summed E-state index contributed by atoms with van der Waals surface area (Å²) in [7, 11) is 0. The van der Waals surface area contributed by atoms with Crippen molar-refractivity contribution < 1.29 is 33.1 Å². The topological polar surface area (TPSA) is 102 Å². The zero-order valence-electron chi connectivity index (χ0n) is 16.8. The molecular formula is C21H23FN2O6. The Balaban J connectivity index is 1.42. The molecule has 160 valence electrons. The first-order valence-electron chi connectivity index (χ1n) is 9.80. The average Bonchev–Trinajstić information content (AvgIpc) is 3.03. The summed E-state index contributed by atoms with van der Waals surface area (Å²) in [4.78, 5) is 25.6. The third-order valence-corrected chi connectivity index (χ3v) is 5.74. The van der Waals surface area contributed by atoms with Gasteiger partial charge in [-0.3, -0.25) is 0 Å². The molecule has 0 spiro atoms. The van der Waals surface area contributed by atoms with Crippen molar-refractivity contribution in [3.63, 3.8) is 0 Å². The number of likely N-dealkylation sites (tertiary alicyclic amines) is 1. The molecule has 2 aliphatic rings. The van der Waals surface area contributed by atoms with Crippen LogP contribution in [-0.2, 0) is 19.1 Å². The Labute approximate surface area is 172 Å². The number of rotatable bonds is 4. The molecule has 3 heterocycles. The first-order valence-corrected chi connectivity index (χ1v) is 9.80. The van der Waals surface area contributed by atoms with Crippen LogP contribution in [0, 0.1) is 11.2 Å². The van der Waals surface area contributed by atoms with Gasteiger partial charge in [0, 0.05) is 36.1 Å². The van der Waals surface area contributed by atoms with E-state index in [1.165, 1.54) is 12.1 Å². The van der Waals surface area contributed by atoms with Crippen LogP contribution in [-0.4, -0.2) is 52.7 Å². The Hall–Kier alpha value is -2.78. The second-order valence-electron chi connectivity index (χ2n) is 8.40. The molecule has 30 heavy (non-hydrogen) atoms. The standard InChI is InChI=1S/C21H23FN2O6/c1-20(2,21(27)28-17(25)5-6-18(26)29-21)12-24-9-7-13(8-10-24)19-15-4-3-14(22)11-16(15)30-23-19/h3-6,11,13,27H,7-10,12H2,1-2H3. The number of esters is 2. The maximum atomic E-state index is 13.4. The fourth-order valence-corrected chi connectivity index (χ4v) is 4.02. The van der Waals surface area contributed by atoms with E-state index in [9.17, 15) is 19.1 Å². The number of hydrogen-bond acceptors (Lipinski definition) is 8. The van der Waals surface area contributed by atoms with Crippen LogP contribution in [0.1, 0.15) is 38.3 Å². The van der Waals surface area contributed by atoms with Crippen molar-refractivity contribution in [2.75, 3.05) is 19.6 Å². The molecule has 0 bridgehead atoms. The quantitative estimate of drug-likeness (QED) is 0.756. The number of aromatic nitrogens is 1. The maximum absolute atomic E-state index is 13.4. The molecule has 8 nitrogen and oxygen atoms in total. The first kappa shape index (κ1) is 20.5. The Bertz CT molecular complexity index is 986. The summed E-state index contributed by atoms with van der Waals surface area (Å²) in [5.41, 5.74) is 0.177. The summed E-state index contributed by atoms with van der Waals surface area (Å²) in [5, 5.41) is 15.8. The van der Waals surface area contributed by atoms with Gasteiger partial charge in [-0.1, -0.05) is 5.16 Å². The van der Waals surface area contributed by atoms with E-state index in [1.54, 1.807) is 19.9 Å². The fraction of sp³-hybridized carbons (Fsp3) is 0.476. The minimum Gasteiger partial charge on any atom is -0.394 e. The Morgan fingerprint density at radius 3 is 2.47 bits per heavy atom. The van der Waals surface area contributed by atoms with Crippen molar-refractivity contribution in [3.05, 3.63) is 41.9 Å². The van der Waals surface area contributed by atoms with Gasteiger partial charge in [0.1, 0.15) is 5.82 Å². The largest absolute Gasteiger partial charge is 0.394 e. The summed E-state index contributed by atoms with van der Waals surface area (Å²) in [6.07, 6.45) is 3.43. The molecule has 1 N–H and O–H groups in total. The van der Waals surface area contributed by atoms with Crippen LogP contribution < -0.4 is 0 Å². The molecule has 1 saturated heterocycles. The number of carbonyl (C=O) groups excluding carboxylic acids is 2. The van der Waals surface area contributed by atoms with Crippen LogP contribution >= 0.6 is 0 Å². The van der Waals surface area contributed by atoms with Gasteiger partial charge in [-0.15, -0.1) is 0 Å². The highest BCUT2D eigenvalue weighted by atomic mass is 19.1. The van der Waals surface area contributed by atoms with Gasteiger partial charge in [0.25, 0.3) is 0 Å². The second-order valence-corrected chi connectivity index (χ2v) is 8.40. The smallest absolute Gasteiger partial charge is 0.380 e. The minimum atomic E-state index is -2.37. The number of fused-ring (bicyclic) bond motifs is 1. The second kappa shape index (κ2) is 7.48. The van der Waals surface area contributed by atoms with Crippen molar-refractivity contribution in [1.29, 1.82) is 0 Å². The minimum absolute atomic E-state index is 0.164. The lowest BCUT2D eigenvalue weighted by atomic mass is 9.86. The van der Waals surface area contributed by atoms with E-state index in [0.717, 1.165) is 36.1 Å². The highest BCUT2D eigenvalue weighted by molar-refractivity contribution is 5.93. The number of nitrogens with zero attached hydrogens (tertiary/aromatic N) is 2. The predicted molar refractivity (Wildman–Crippen MR) is 102 cm³/mol. The molecule has 9 heteroatoms. The normalized spacial score (nSPS) is 20.8. The van der Waals surface area contributed by atoms with Crippen LogP contribution in [0.5, 0.6) is 0 Å². The van der Waals surface area contributed by atoms with E-state index in [1.807, 2.05) is 0 Å². The molecule has 0 saturated carbocycles. The van der Waals surface area contributed by atoms with E-state index in [-0.39, 0.29) is 11.7 Å². The van der Waals surface area contributed by atoms with E-state index >= 15 is 0 Å². The lowest BCUT2D eigenvalue weighted by molar-refractivity contribution is -0.369. The predicted octanol–water partition coefficient (Wildman–Crippen LogP) is 2.47. The van der Waals surface area contributed by atoms with Crippen molar-refractivity contribution >= 4 is 22.9 Å². The number of aliphatic hydroxyl groups is 1. The summed E-state index contributed by atoms with van der Waals surface area (Å²) < 4.78 is 28.7. The zero-order valence-corrected chi connectivity index (χ0v) is 16.8. The van der Waals surface area contributed by atoms with Gasteiger partial charge in [-0.05, 0) is 51.9 Å². The highest BCUT2D eigenvalue weighted by Crippen LogP contribution is 2.38. The Morgan fingerprint density at radius 1 is 1.20 bits per heavy atom. The summed E-state index contributed by atoms with van der Waals surface area (Å²) in [6.45, 7) is 5.07. The molecule has 0 aliphatic carbocycles. The first-order chi connectivity index (χ1) is 14.2. The Morgan fingerprint density at radius 2 is 1.83 bits per heavy atom. The van der Waals surface area contributed by atoms with E-state index in [0.29, 0.717) is 25.2 Å². The van der Waals surface area contributed by atoms with Gasteiger partial charge >= 0.3 is 17.9 Å². The van der Waals surface area contributed by atoms with Gasteiger partial charge < -0.3 is 24.0 Å². The molecule has 1 aromatic carbocycles. The highest BCUT2D eigenvalue weighted by Gasteiger charge is 2.53. The molecule has 0 amide bonds. The molecule has 1 aromatic heterocycles. The van der Waals surface area contributed by atoms with Crippen LogP contribution in [0.3, 0.4) is 0 Å². The number of piperidine rings is 1. The van der Waals surface area contributed by atoms with Crippen molar-refractivity contribution in [1.82, 2.24) is 10.1 Å². The van der Waals surface area contributed by atoms with Crippen molar-refractivity contribution in [2.24, 2.45) is 5.41 Å². The van der Waals surface area contributed by atoms with Gasteiger partial charge in [0.05, 0.1) is 11.1 Å². The van der Waals surface area contributed by atoms with Gasteiger partial charge in [-0.25, -0.2) is 14.0 Å². The summed E-state index contributed by atoms with van der Waals surface area (Å²) in [6, 6.07) is 4.41. The average molecular weight is 418 g/mol. The number of ether oxygens (including phenoxy) is 2. The van der Waals surface area contributed by atoms with Crippen LogP contribution in [0.25, 0.3) is 11.0 Å². The number of hydrogen-bond donors (Lipinski definition) is 1.